The van der Waals surface area contributed by atoms with Gasteiger partial charge in [-0.2, -0.15) is 0 Å². The summed E-state index contributed by atoms with van der Waals surface area (Å²) in [6.45, 7) is 7.52. The van der Waals surface area contributed by atoms with Gasteiger partial charge in [-0.3, -0.25) is 9.98 Å². The van der Waals surface area contributed by atoms with E-state index in [9.17, 15) is 19.8 Å². The smallest absolute Gasteiger partial charge is 0.343 e. The second-order valence-electron chi connectivity index (χ2n) is 17.2. The Bertz CT molecular complexity index is 2160. The number of phenolic OH excluding ortho intramolecular Hbond substituents is 2. The monoisotopic (exact) mass is 911 g/mol. The van der Waals surface area contributed by atoms with E-state index in [2.05, 4.69) is 23.8 Å². The Morgan fingerprint density at radius 1 is 0.448 bits per heavy atom. The largest absolute Gasteiger partial charge is 0.507 e. The molecule has 0 unspecified atom stereocenters. The Balaban J connectivity index is 1.03. The number of carbonyl (C=O) groups is 2. The Morgan fingerprint density at radius 2 is 0.806 bits per heavy atom. The maximum atomic E-state index is 13.1. The molecule has 0 fully saturated rings. The van der Waals surface area contributed by atoms with Crippen molar-refractivity contribution in [1.82, 2.24) is 0 Å². The zero-order valence-corrected chi connectivity index (χ0v) is 39.9. The molecule has 0 spiro atoms. The minimum absolute atomic E-state index is 0.0701. The molecule has 0 aliphatic heterocycles. The Kier molecular flexibility index (Phi) is 22.5. The first-order chi connectivity index (χ1) is 32.7. The van der Waals surface area contributed by atoms with Crippen LogP contribution in [0.4, 0.5) is 11.4 Å². The number of phenols is 2. The Labute approximate surface area is 398 Å². The van der Waals surface area contributed by atoms with Crippen LogP contribution < -0.4 is 18.9 Å². The van der Waals surface area contributed by atoms with Crippen molar-refractivity contribution in [2.24, 2.45) is 9.98 Å². The lowest BCUT2D eigenvalue weighted by Gasteiger charge is -2.10. The third-order valence-corrected chi connectivity index (χ3v) is 11.4. The topological polar surface area (TPSA) is 136 Å². The third-order valence-electron chi connectivity index (χ3n) is 11.4. The van der Waals surface area contributed by atoms with E-state index in [0.717, 1.165) is 31.2 Å². The Hall–Kier alpha value is -6.42. The van der Waals surface area contributed by atoms with Gasteiger partial charge in [0.25, 0.3) is 0 Å². The molecule has 5 aromatic carbocycles. The van der Waals surface area contributed by atoms with Crippen molar-refractivity contribution in [2.45, 2.75) is 136 Å². The van der Waals surface area contributed by atoms with Gasteiger partial charge in [-0.25, -0.2) is 9.59 Å². The van der Waals surface area contributed by atoms with E-state index < -0.39 is 11.9 Å². The average molecular weight is 911 g/mol. The van der Waals surface area contributed by atoms with Gasteiger partial charge in [-0.1, -0.05) is 117 Å². The van der Waals surface area contributed by atoms with E-state index in [1.807, 2.05) is 19.1 Å². The number of aromatic hydroxyl groups is 2. The number of carbonyl (C=O) groups excluding carboxylic acids is 2. The molecule has 0 aliphatic rings. The van der Waals surface area contributed by atoms with Crippen molar-refractivity contribution < 1.29 is 38.7 Å². The third kappa shape index (κ3) is 19.1. The van der Waals surface area contributed by atoms with Crippen LogP contribution in [0.1, 0.15) is 167 Å². The van der Waals surface area contributed by atoms with Crippen LogP contribution in [0.5, 0.6) is 34.5 Å². The SMILES string of the molecule is CCCCCCCCCCCOc1ccc(C=Nc2ccc(C(=O)Oc3cc(C)cc(OC(=O)c4ccc(N=Cc5ccc(OCCCCCCCCCCC)cc5O)cc4)c3)cc2)c(O)c1. The molecule has 0 saturated heterocycles. The van der Waals surface area contributed by atoms with Crippen LogP contribution >= 0.6 is 0 Å². The molecule has 5 rings (SSSR count). The zero-order valence-electron chi connectivity index (χ0n) is 39.9. The van der Waals surface area contributed by atoms with Gasteiger partial charge in [-0.05, 0) is 110 Å². The lowest BCUT2D eigenvalue weighted by Crippen LogP contribution is -2.10. The molecule has 2 N–H and O–H groups in total. The number of aliphatic imine (C=N–C) groups is 2. The number of rotatable bonds is 30. The van der Waals surface area contributed by atoms with Crippen LogP contribution in [0.25, 0.3) is 0 Å². The van der Waals surface area contributed by atoms with Crippen molar-refractivity contribution in [3.05, 3.63) is 131 Å². The fourth-order valence-corrected chi connectivity index (χ4v) is 7.47. The van der Waals surface area contributed by atoms with E-state index in [1.165, 1.54) is 96.0 Å². The van der Waals surface area contributed by atoms with Crippen LogP contribution in [0.2, 0.25) is 0 Å². The number of aryl methyl sites for hydroxylation is 1. The van der Waals surface area contributed by atoms with Gasteiger partial charge in [0.15, 0.2) is 0 Å². The number of nitrogens with zero attached hydrogens (tertiary/aromatic N) is 2. The molecule has 0 radical (unpaired) electrons. The normalized spacial score (nSPS) is 11.3. The van der Waals surface area contributed by atoms with Gasteiger partial charge in [0.1, 0.15) is 34.5 Å². The molecule has 67 heavy (non-hydrogen) atoms. The summed E-state index contributed by atoms with van der Waals surface area (Å²) in [5.74, 6) is 0.638. The van der Waals surface area contributed by atoms with E-state index in [1.54, 1.807) is 97.4 Å². The molecule has 10 nitrogen and oxygen atoms in total. The molecule has 0 atom stereocenters. The lowest BCUT2D eigenvalue weighted by molar-refractivity contribution is 0.0732. The van der Waals surface area contributed by atoms with E-state index >= 15 is 0 Å². The van der Waals surface area contributed by atoms with Gasteiger partial charge in [0.2, 0.25) is 0 Å². The van der Waals surface area contributed by atoms with Crippen LogP contribution in [0, 0.1) is 6.92 Å². The van der Waals surface area contributed by atoms with Crippen LogP contribution in [-0.4, -0.2) is 47.8 Å². The zero-order chi connectivity index (χ0) is 47.5. The number of hydrogen-bond acceptors (Lipinski definition) is 10. The maximum absolute atomic E-state index is 13.1. The maximum Gasteiger partial charge on any atom is 0.343 e. The molecule has 5 aromatic rings. The summed E-state index contributed by atoms with van der Waals surface area (Å²) in [7, 11) is 0. The molecular weight excluding hydrogens is 841 g/mol. The van der Waals surface area contributed by atoms with E-state index in [0.29, 0.717) is 58.3 Å². The number of benzene rings is 5. The minimum atomic E-state index is -0.591. The van der Waals surface area contributed by atoms with Gasteiger partial charge >= 0.3 is 11.9 Å². The van der Waals surface area contributed by atoms with E-state index in [4.69, 9.17) is 18.9 Å². The Morgan fingerprint density at radius 3 is 1.16 bits per heavy atom. The molecule has 0 bridgehead atoms. The van der Waals surface area contributed by atoms with Crippen LogP contribution in [0.15, 0.2) is 113 Å². The quantitative estimate of drug-likeness (QED) is 0.0201. The molecular formula is C57H70N2O8. The molecule has 0 saturated carbocycles. The molecule has 0 heterocycles. The second kappa shape index (κ2) is 29.3. The van der Waals surface area contributed by atoms with Crippen molar-refractivity contribution in [2.75, 3.05) is 13.2 Å². The fraction of sp³-hybridized carbons (Fsp3) is 0.404. The lowest BCUT2D eigenvalue weighted by atomic mass is 10.1. The van der Waals surface area contributed by atoms with Gasteiger partial charge in [0.05, 0.1) is 35.7 Å². The van der Waals surface area contributed by atoms with Crippen LogP contribution in [0.3, 0.4) is 0 Å². The summed E-state index contributed by atoms with van der Waals surface area (Å²) in [6, 6.07) is 28.4. The predicted octanol–water partition coefficient (Wildman–Crippen LogP) is 15.2. The number of esters is 2. The first-order valence-electron chi connectivity index (χ1n) is 24.5. The molecule has 0 aromatic heterocycles. The van der Waals surface area contributed by atoms with Crippen molar-refractivity contribution in [1.29, 1.82) is 0 Å². The molecule has 0 aliphatic carbocycles. The van der Waals surface area contributed by atoms with Crippen molar-refractivity contribution >= 4 is 35.7 Å². The molecule has 10 heteroatoms. The predicted molar refractivity (Wildman–Crippen MR) is 270 cm³/mol. The van der Waals surface area contributed by atoms with Gasteiger partial charge in [0, 0.05) is 41.8 Å². The first-order valence-corrected chi connectivity index (χ1v) is 24.5. The van der Waals surface area contributed by atoms with E-state index in [-0.39, 0.29) is 23.0 Å². The number of ether oxygens (including phenoxy) is 4. The minimum Gasteiger partial charge on any atom is -0.507 e. The molecule has 356 valence electrons. The second-order valence-corrected chi connectivity index (χ2v) is 17.2. The summed E-state index contributed by atoms with van der Waals surface area (Å²) in [5, 5.41) is 21.2. The van der Waals surface area contributed by atoms with Crippen molar-refractivity contribution in [3.63, 3.8) is 0 Å². The summed E-state index contributed by atoms with van der Waals surface area (Å²) in [5.41, 5.74) is 3.59. The summed E-state index contributed by atoms with van der Waals surface area (Å²) < 4.78 is 23.0. The molecule has 0 amide bonds. The average Bonchev–Trinajstić information content (AvgIpc) is 3.32. The number of unbranched alkanes of at least 4 members (excludes halogenated alkanes) is 16. The van der Waals surface area contributed by atoms with Gasteiger partial charge < -0.3 is 29.2 Å². The summed E-state index contributed by atoms with van der Waals surface area (Å²) >= 11 is 0. The van der Waals surface area contributed by atoms with Crippen molar-refractivity contribution in [3.8, 4) is 34.5 Å². The highest BCUT2D eigenvalue weighted by Gasteiger charge is 2.14. The van der Waals surface area contributed by atoms with Crippen LogP contribution in [-0.2, 0) is 0 Å². The summed E-state index contributed by atoms with van der Waals surface area (Å²) in [6.07, 6.45) is 25.6. The highest BCUT2D eigenvalue weighted by molar-refractivity contribution is 5.93. The fourth-order valence-electron chi connectivity index (χ4n) is 7.47. The first kappa shape index (κ1) is 51.6. The standard InChI is InChI=1S/C57H70N2O8/c1-4-6-8-10-12-14-16-18-20-34-64-50-32-26-46(54(60)39-50)41-58-48-28-22-44(23-29-48)56(62)66-52-36-43(3)37-53(38-52)67-57(63)45-24-30-49(31-25-45)59-42-47-27-33-51(40-55(47)61)65-35-21-19-17-15-13-11-9-7-5-2/h22-33,36-42,60-61H,4-21,34-35H2,1-3H3. The highest BCUT2D eigenvalue weighted by atomic mass is 16.5. The highest BCUT2D eigenvalue weighted by Crippen LogP contribution is 2.28. The summed E-state index contributed by atoms with van der Waals surface area (Å²) in [4.78, 5) is 35.1. The van der Waals surface area contributed by atoms with Gasteiger partial charge in [-0.15, -0.1) is 0 Å². The number of hydrogen-bond donors (Lipinski definition) is 2.